The van der Waals surface area contributed by atoms with Gasteiger partial charge in [-0.3, -0.25) is 14.9 Å². The highest BCUT2D eigenvalue weighted by atomic mass is 32.2. The molecule has 0 saturated carbocycles. The molecule has 0 unspecified atom stereocenters. The van der Waals surface area contributed by atoms with Gasteiger partial charge in [0.25, 0.3) is 11.1 Å². The molecular weight excluding hydrogens is 162 g/mol. The summed E-state index contributed by atoms with van der Waals surface area (Å²) in [5, 5.41) is 1.85. The molecular formula is C7H9NO2S. The quantitative estimate of drug-likeness (QED) is 0.445. The van der Waals surface area contributed by atoms with E-state index in [0.717, 1.165) is 11.8 Å². The minimum Gasteiger partial charge on any atom is -0.282 e. The van der Waals surface area contributed by atoms with Crippen LogP contribution in [0.5, 0.6) is 0 Å². The second-order valence-corrected chi connectivity index (χ2v) is 2.51. The van der Waals surface area contributed by atoms with Gasteiger partial charge in [0.15, 0.2) is 0 Å². The van der Waals surface area contributed by atoms with Crippen LogP contribution in [-0.2, 0) is 4.79 Å². The van der Waals surface area contributed by atoms with Crippen molar-refractivity contribution < 1.29 is 9.59 Å². The van der Waals surface area contributed by atoms with Crippen LogP contribution in [0.3, 0.4) is 0 Å². The van der Waals surface area contributed by atoms with Gasteiger partial charge in [-0.15, -0.1) is 13.2 Å². The number of nitrogens with one attached hydrogen (secondary N) is 1. The van der Waals surface area contributed by atoms with Crippen molar-refractivity contribution in [2.75, 3.05) is 0 Å². The van der Waals surface area contributed by atoms with Crippen LogP contribution in [0.2, 0.25) is 0 Å². The molecule has 1 rings (SSSR count). The monoisotopic (exact) mass is 171 g/mol. The highest BCUT2D eigenvalue weighted by molar-refractivity contribution is 8.18. The summed E-state index contributed by atoms with van der Waals surface area (Å²) in [6.45, 7) is 7.72. The van der Waals surface area contributed by atoms with Crippen molar-refractivity contribution in [3.05, 3.63) is 24.1 Å². The molecule has 3 nitrogen and oxygen atoms in total. The van der Waals surface area contributed by atoms with E-state index in [4.69, 9.17) is 0 Å². The summed E-state index contributed by atoms with van der Waals surface area (Å²) in [6, 6.07) is 0. The van der Waals surface area contributed by atoms with Gasteiger partial charge in [-0.1, -0.05) is 6.08 Å². The fourth-order valence-electron chi connectivity index (χ4n) is 0.516. The van der Waals surface area contributed by atoms with Crippen molar-refractivity contribution in [3.8, 4) is 0 Å². The summed E-state index contributed by atoms with van der Waals surface area (Å²) in [4.78, 5) is 21.5. The number of thioether (sulfide) groups is 1. The Bertz CT molecular complexity index is 210. The van der Waals surface area contributed by atoms with E-state index < -0.39 is 0 Å². The molecule has 60 valence electrons. The first-order valence-corrected chi connectivity index (χ1v) is 3.75. The molecule has 1 aliphatic rings. The Morgan fingerprint density at radius 3 is 2.18 bits per heavy atom. The number of hydrogen-bond donors (Lipinski definition) is 1. The molecule has 11 heavy (non-hydrogen) atoms. The van der Waals surface area contributed by atoms with Crippen LogP contribution in [0.1, 0.15) is 6.92 Å². The molecule has 0 bridgehead atoms. The Balaban J connectivity index is 0.000000461. The number of allylic oxidation sites excluding steroid dienone is 1. The third-order valence-electron chi connectivity index (χ3n) is 0.904. The Kier molecular flexibility index (Phi) is 4.29. The largest absolute Gasteiger partial charge is 0.290 e. The second-order valence-electron chi connectivity index (χ2n) is 1.50. The van der Waals surface area contributed by atoms with Crippen molar-refractivity contribution in [1.29, 1.82) is 0 Å². The first kappa shape index (κ1) is 9.97. The van der Waals surface area contributed by atoms with Crippen molar-refractivity contribution >= 4 is 22.9 Å². The van der Waals surface area contributed by atoms with E-state index in [2.05, 4.69) is 18.5 Å². The number of imide groups is 1. The minimum absolute atomic E-state index is 0.284. The topological polar surface area (TPSA) is 46.2 Å². The Labute approximate surface area is 69.5 Å². The number of carbonyl (C=O) groups excluding carboxylic acids is 2. The normalized spacial score (nSPS) is 19.2. The number of amides is 2. The third-order valence-corrected chi connectivity index (χ3v) is 1.83. The van der Waals surface area contributed by atoms with Gasteiger partial charge in [0.05, 0.1) is 4.91 Å². The van der Waals surface area contributed by atoms with Gasteiger partial charge in [0.2, 0.25) is 0 Å². The van der Waals surface area contributed by atoms with Crippen LogP contribution in [-0.4, -0.2) is 11.1 Å². The fourth-order valence-corrected chi connectivity index (χ4v) is 1.12. The van der Waals surface area contributed by atoms with Crippen molar-refractivity contribution in [3.63, 3.8) is 0 Å². The summed E-state index contributed by atoms with van der Waals surface area (Å²) in [5.41, 5.74) is 0. The third kappa shape index (κ3) is 2.59. The van der Waals surface area contributed by atoms with E-state index in [-0.39, 0.29) is 11.1 Å². The summed E-state index contributed by atoms with van der Waals surface area (Å²) in [7, 11) is 0. The molecule has 0 spiro atoms. The first-order chi connectivity index (χ1) is 5.24. The van der Waals surface area contributed by atoms with Crippen LogP contribution in [0.4, 0.5) is 4.79 Å². The second kappa shape index (κ2) is 4.73. The average Bonchev–Trinajstić information content (AvgIpc) is 2.33. The van der Waals surface area contributed by atoms with Crippen molar-refractivity contribution in [2.24, 2.45) is 0 Å². The van der Waals surface area contributed by atoms with E-state index in [0.29, 0.717) is 4.91 Å². The molecule has 0 aromatic rings. The van der Waals surface area contributed by atoms with Crippen molar-refractivity contribution in [2.45, 2.75) is 6.92 Å². The van der Waals surface area contributed by atoms with Gasteiger partial charge in [0, 0.05) is 0 Å². The maximum absolute atomic E-state index is 10.6. The SMILES string of the molecule is C/C=C1\SC(=O)NC1=O.C=C. The number of rotatable bonds is 0. The molecule has 1 aliphatic heterocycles. The molecule has 1 fully saturated rings. The van der Waals surface area contributed by atoms with Gasteiger partial charge in [-0.2, -0.15) is 0 Å². The smallest absolute Gasteiger partial charge is 0.282 e. The molecule has 2 amide bonds. The van der Waals surface area contributed by atoms with Crippen LogP contribution in [0.25, 0.3) is 0 Å². The van der Waals surface area contributed by atoms with Crippen LogP contribution >= 0.6 is 11.8 Å². The summed E-state index contributed by atoms with van der Waals surface area (Å²) >= 11 is 0.935. The van der Waals surface area contributed by atoms with Crippen molar-refractivity contribution in [1.82, 2.24) is 5.32 Å². The molecule has 0 atom stereocenters. The van der Waals surface area contributed by atoms with E-state index in [9.17, 15) is 9.59 Å². The van der Waals surface area contributed by atoms with E-state index in [1.165, 1.54) is 0 Å². The van der Waals surface area contributed by atoms with Crippen LogP contribution in [0, 0.1) is 0 Å². The number of carbonyl (C=O) groups is 2. The lowest BCUT2D eigenvalue weighted by Gasteiger charge is -1.81. The molecule has 0 aromatic heterocycles. The highest BCUT2D eigenvalue weighted by Gasteiger charge is 2.23. The zero-order chi connectivity index (χ0) is 8.85. The summed E-state index contributed by atoms with van der Waals surface area (Å²) in [5.74, 6) is -0.285. The van der Waals surface area contributed by atoms with Gasteiger partial charge in [-0.25, -0.2) is 0 Å². The molecule has 1 N–H and O–H groups in total. The Hall–Kier alpha value is -1.03. The lowest BCUT2D eigenvalue weighted by molar-refractivity contribution is -0.115. The molecule has 0 radical (unpaired) electrons. The molecule has 1 saturated heterocycles. The van der Waals surface area contributed by atoms with Gasteiger partial charge < -0.3 is 0 Å². The summed E-state index contributed by atoms with van der Waals surface area (Å²) in [6.07, 6.45) is 1.62. The van der Waals surface area contributed by atoms with E-state index >= 15 is 0 Å². The predicted octanol–water partition coefficient (Wildman–Crippen LogP) is 1.68. The van der Waals surface area contributed by atoms with E-state index in [1.54, 1.807) is 13.0 Å². The maximum Gasteiger partial charge on any atom is 0.290 e. The fraction of sp³-hybridized carbons (Fsp3) is 0.143. The Morgan fingerprint density at radius 1 is 1.45 bits per heavy atom. The van der Waals surface area contributed by atoms with Gasteiger partial charge >= 0.3 is 0 Å². The summed E-state index contributed by atoms with van der Waals surface area (Å²) < 4.78 is 0. The van der Waals surface area contributed by atoms with Gasteiger partial charge in [-0.05, 0) is 18.7 Å². The standard InChI is InChI=1S/C5H5NO2S.C2H4/c1-2-3-4(7)6-5(8)9-3;1-2/h2H,1H3,(H,6,7,8);1-2H2/b3-2-;. The molecule has 0 aromatic carbocycles. The van der Waals surface area contributed by atoms with E-state index in [1.807, 2.05) is 0 Å². The van der Waals surface area contributed by atoms with Gasteiger partial charge in [0.1, 0.15) is 0 Å². The minimum atomic E-state index is -0.285. The average molecular weight is 171 g/mol. The molecule has 4 heteroatoms. The van der Waals surface area contributed by atoms with Crippen LogP contribution < -0.4 is 5.32 Å². The maximum atomic E-state index is 10.6. The zero-order valence-electron chi connectivity index (χ0n) is 6.22. The predicted molar refractivity (Wildman–Crippen MR) is 46.1 cm³/mol. The first-order valence-electron chi connectivity index (χ1n) is 2.93. The van der Waals surface area contributed by atoms with Crippen LogP contribution in [0.15, 0.2) is 24.1 Å². The lowest BCUT2D eigenvalue weighted by atomic mass is 10.5. The molecule has 1 heterocycles. The number of hydrogen-bond acceptors (Lipinski definition) is 3. The Morgan fingerprint density at radius 2 is 2.00 bits per heavy atom. The zero-order valence-corrected chi connectivity index (χ0v) is 7.03. The molecule has 0 aliphatic carbocycles. The highest BCUT2D eigenvalue weighted by Crippen LogP contribution is 2.21. The lowest BCUT2D eigenvalue weighted by Crippen LogP contribution is -2.17.